The third-order valence-corrected chi connectivity index (χ3v) is 5.21. The molecule has 24 heavy (non-hydrogen) atoms. The molecule has 5 heteroatoms. The number of carbonyl (C=O) groups is 1. The van der Waals surface area contributed by atoms with Crippen LogP contribution in [0.25, 0.3) is 0 Å². The molecule has 0 spiro atoms. The molecule has 0 aromatic heterocycles. The van der Waals surface area contributed by atoms with E-state index in [0.717, 1.165) is 62.4 Å². The Hall–Kier alpha value is -1.75. The van der Waals surface area contributed by atoms with Gasteiger partial charge in [0.2, 0.25) is 5.91 Å². The second kappa shape index (κ2) is 7.88. The van der Waals surface area contributed by atoms with Crippen LogP contribution in [-0.2, 0) is 4.79 Å². The fourth-order valence-corrected chi connectivity index (χ4v) is 3.88. The first-order valence-corrected chi connectivity index (χ1v) is 8.96. The summed E-state index contributed by atoms with van der Waals surface area (Å²) in [5.41, 5.74) is 1.15. The summed E-state index contributed by atoms with van der Waals surface area (Å²) in [6.45, 7) is 3.33. The molecular formula is C19H28N2O3. The zero-order valence-corrected chi connectivity index (χ0v) is 14.8. The van der Waals surface area contributed by atoms with Crippen molar-refractivity contribution in [2.24, 2.45) is 0 Å². The van der Waals surface area contributed by atoms with E-state index >= 15 is 0 Å². The van der Waals surface area contributed by atoms with Gasteiger partial charge in [-0.2, -0.15) is 0 Å². The highest BCUT2D eigenvalue weighted by molar-refractivity contribution is 5.78. The van der Waals surface area contributed by atoms with Gasteiger partial charge in [0.15, 0.2) is 0 Å². The molecule has 2 fully saturated rings. The summed E-state index contributed by atoms with van der Waals surface area (Å²) < 4.78 is 10.9. The number of benzene rings is 1. The Labute approximate surface area is 144 Å². The van der Waals surface area contributed by atoms with Crippen LogP contribution >= 0.6 is 0 Å². The monoisotopic (exact) mass is 332 g/mol. The number of hydrogen-bond acceptors (Lipinski definition) is 4. The van der Waals surface area contributed by atoms with Crippen molar-refractivity contribution in [3.63, 3.8) is 0 Å². The van der Waals surface area contributed by atoms with Gasteiger partial charge in [-0.3, -0.25) is 9.69 Å². The molecule has 1 amide bonds. The molecular weight excluding hydrogens is 304 g/mol. The summed E-state index contributed by atoms with van der Waals surface area (Å²) in [5, 5.41) is 0. The van der Waals surface area contributed by atoms with Crippen LogP contribution in [0.15, 0.2) is 18.2 Å². The molecule has 0 bridgehead atoms. The SMILES string of the molecule is COc1ccc(C2CCCN2CC(=O)N2CCCCC2)c(OC)c1. The van der Waals surface area contributed by atoms with Gasteiger partial charge in [0, 0.05) is 30.8 Å². The molecule has 1 unspecified atom stereocenters. The molecule has 0 N–H and O–H groups in total. The smallest absolute Gasteiger partial charge is 0.236 e. The van der Waals surface area contributed by atoms with Crippen LogP contribution in [0.2, 0.25) is 0 Å². The topological polar surface area (TPSA) is 42.0 Å². The number of hydrogen-bond donors (Lipinski definition) is 0. The minimum absolute atomic E-state index is 0.250. The second-order valence-corrected chi connectivity index (χ2v) is 6.68. The number of piperidine rings is 1. The van der Waals surface area contributed by atoms with Crippen molar-refractivity contribution in [3.8, 4) is 11.5 Å². The Morgan fingerprint density at radius 3 is 2.58 bits per heavy atom. The first-order valence-electron chi connectivity index (χ1n) is 8.96. The molecule has 0 radical (unpaired) electrons. The molecule has 5 nitrogen and oxygen atoms in total. The summed E-state index contributed by atoms with van der Waals surface area (Å²) in [6.07, 6.45) is 5.71. The van der Waals surface area contributed by atoms with E-state index < -0.39 is 0 Å². The van der Waals surface area contributed by atoms with E-state index in [0.29, 0.717) is 6.54 Å². The highest BCUT2D eigenvalue weighted by Gasteiger charge is 2.31. The first kappa shape index (κ1) is 17.1. The van der Waals surface area contributed by atoms with Gasteiger partial charge < -0.3 is 14.4 Å². The third kappa shape index (κ3) is 3.66. The molecule has 2 saturated heterocycles. The standard InChI is InChI=1S/C19H28N2O3/c1-23-15-8-9-16(18(13-15)24-2)17-7-6-12-21(17)14-19(22)20-10-4-3-5-11-20/h8-9,13,17H,3-7,10-12,14H2,1-2H3. The molecule has 2 heterocycles. The number of ether oxygens (including phenoxy) is 2. The van der Waals surface area contributed by atoms with Gasteiger partial charge in [-0.1, -0.05) is 6.07 Å². The minimum atomic E-state index is 0.250. The van der Waals surface area contributed by atoms with Crippen molar-refractivity contribution in [1.82, 2.24) is 9.80 Å². The van der Waals surface area contributed by atoms with Crippen LogP contribution in [0.3, 0.4) is 0 Å². The van der Waals surface area contributed by atoms with E-state index in [9.17, 15) is 4.79 Å². The summed E-state index contributed by atoms with van der Waals surface area (Å²) in [7, 11) is 3.35. The van der Waals surface area contributed by atoms with Crippen LogP contribution in [0.1, 0.15) is 43.7 Å². The number of likely N-dealkylation sites (tertiary alicyclic amines) is 2. The Bertz CT molecular complexity index is 570. The van der Waals surface area contributed by atoms with Crippen molar-refractivity contribution in [2.45, 2.75) is 38.1 Å². The van der Waals surface area contributed by atoms with Crippen molar-refractivity contribution in [3.05, 3.63) is 23.8 Å². The van der Waals surface area contributed by atoms with Gasteiger partial charge in [0.05, 0.1) is 20.8 Å². The fraction of sp³-hybridized carbons (Fsp3) is 0.632. The normalized spacial score (nSPS) is 21.8. The van der Waals surface area contributed by atoms with Crippen molar-refractivity contribution in [1.29, 1.82) is 0 Å². The summed E-state index contributed by atoms with van der Waals surface area (Å²) in [4.78, 5) is 17.0. The highest BCUT2D eigenvalue weighted by atomic mass is 16.5. The van der Waals surface area contributed by atoms with Gasteiger partial charge in [0.25, 0.3) is 0 Å². The Morgan fingerprint density at radius 2 is 1.88 bits per heavy atom. The number of amides is 1. The molecule has 1 aromatic rings. The predicted octanol–water partition coefficient (Wildman–Crippen LogP) is 2.85. The molecule has 3 rings (SSSR count). The van der Waals surface area contributed by atoms with Crippen molar-refractivity contribution in [2.75, 3.05) is 40.4 Å². The van der Waals surface area contributed by atoms with Gasteiger partial charge in [0.1, 0.15) is 11.5 Å². The van der Waals surface area contributed by atoms with Gasteiger partial charge in [-0.05, 0) is 44.7 Å². The minimum Gasteiger partial charge on any atom is -0.497 e. The van der Waals surface area contributed by atoms with Crippen LogP contribution in [0.4, 0.5) is 0 Å². The number of methoxy groups -OCH3 is 2. The lowest BCUT2D eigenvalue weighted by Gasteiger charge is -2.31. The van der Waals surface area contributed by atoms with E-state index in [1.807, 2.05) is 17.0 Å². The number of nitrogens with zero attached hydrogens (tertiary/aromatic N) is 2. The average molecular weight is 332 g/mol. The quantitative estimate of drug-likeness (QED) is 0.831. The van der Waals surface area contributed by atoms with E-state index in [1.54, 1.807) is 14.2 Å². The molecule has 0 saturated carbocycles. The lowest BCUT2D eigenvalue weighted by molar-refractivity contribution is -0.133. The van der Waals surface area contributed by atoms with Crippen LogP contribution < -0.4 is 9.47 Å². The molecule has 2 aliphatic heterocycles. The first-order chi connectivity index (χ1) is 11.7. The summed E-state index contributed by atoms with van der Waals surface area (Å²) in [5.74, 6) is 1.91. The van der Waals surface area contributed by atoms with E-state index in [1.165, 1.54) is 6.42 Å². The second-order valence-electron chi connectivity index (χ2n) is 6.68. The maximum absolute atomic E-state index is 12.6. The molecule has 2 aliphatic rings. The summed E-state index contributed by atoms with van der Waals surface area (Å²) in [6, 6.07) is 6.23. The van der Waals surface area contributed by atoms with E-state index in [-0.39, 0.29) is 11.9 Å². The lowest BCUT2D eigenvalue weighted by Crippen LogP contribution is -2.42. The Balaban J connectivity index is 1.72. The largest absolute Gasteiger partial charge is 0.497 e. The van der Waals surface area contributed by atoms with Crippen LogP contribution in [0, 0.1) is 0 Å². The molecule has 132 valence electrons. The van der Waals surface area contributed by atoms with Gasteiger partial charge in [-0.15, -0.1) is 0 Å². The van der Waals surface area contributed by atoms with E-state index in [2.05, 4.69) is 11.0 Å². The fourth-order valence-electron chi connectivity index (χ4n) is 3.88. The zero-order valence-electron chi connectivity index (χ0n) is 14.8. The zero-order chi connectivity index (χ0) is 16.9. The van der Waals surface area contributed by atoms with Crippen LogP contribution in [-0.4, -0.2) is 56.1 Å². The molecule has 0 aliphatic carbocycles. The summed E-state index contributed by atoms with van der Waals surface area (Å²) >= 11 is 0. The molecule has 1 aromatic carbocycles. The Kier molecular flexibility index (Phi) is 5.61. The Morgan fingerprint density at radius 1 is 1.08 bits per heavy atom. The maximum atomic E-state index is 12.6. The highest BCUT2D eigenvalue weighted by Crippen LogP contribution is 2.38. The van der Waals surface area contributed by atoms with Crippen LogP contribution in [0.5, 0.6) is 11.5 Å². The maximum Gasteiger partial charge on any atom is 0.236 e. The van der Waals surface area contributed by atoms with E-state index in [4.69, 9.17) is 9.47 Å². The number of rotatable bonds is 5. The molecule has 1 atom stereocenters. The predicted molar refractivity (Wildman–Crippen MR) is 93.5 cm³/mol. The number of carbonyl (C=O) groups excluding carboxylic acids is 1. The average Bonchev–Trinajstić information content (AvgIpc) is 3.09. The van der Waals surface area contributed by atoms with Gasteiger partial charge >= 0.3 is 0 Å². The van der Waals surface area contributed by atoms with Crippen molar-refractivity contribution >= 4 is 5.91 Å². The van der Waals surface area contributed by atoms with Gasteiger partial charge in [-0.25, -0.2) is 0 Å². The third-order valence-electron chi connectivity index (χ3n) is 5.21. The lowest BCUT2D eigenvalue weighted by atomic mass is 10.0. The van der Waals surface area contributed by atoms with Crippen molar-refractivity contribution < 1.29 is 14.3 Å².